The fraction of sp³-hybridized carbons (Fsp3) is 0.0500. The summed E-state index contributed by atoms with van der Waals surface area (Å²) in [6.07, 6.45) is 0. The molecule has 0 aromatic heterocycles. The van der Waals surface area contributed by atoms with Gasteiger partial charge < -0.3 is 4.74 Å². The Hall–Kier alpha value is -1.96. The first-order valence-electron chi connectivity index (χ1n) is 7.73. The molecule has 118 valence electrons. The van der Waals surface area contributed by atoms with Crippen molar-refractivity contribution in [2.24, 2.45) is 0 Å². The zero-order valence-electron chi connectivity index (χ0n) is 12.8. The lowest BCUT2D eigenvalue weighted by atomic mass is 10.1. The Morgan fingerprint density at radius 3 is 1.96 bits per heavy atom. The van der Waals surface area contributed by atoms with Crippen LogP contribution < -0.4 is 10.6 Å². The molecule has 0 spiro atoms. The zero-order chi connectivity index (χ0) is 16.5. The maximum Gasteiger partial charge on any atom is 0.342 e. The SMILES string of the molecule is O=C1OC([PH+](c2ccccc2)c2ccccc2)c2c(Br)cccc21. The van der Waals surface area contributed by atoms with Crippen LogP contribution in [0.1, 0.15) is 21.8 Å². The largest absolute Gasteiger partial charge is 0.419 e. The Labute approximate surface area is 150 Å². The van der Waals surface area contributed by atoms with Crippen molar-refractivity contribution in [3.05, 3.63) is 94.5 Å². The lowest BCUT2D eigenvalue weighted by Gasteiger charge is -2.17. The number of esters is 1. The molecule has 24 heavy (non-hydrogen) atoms. The number of carbonyl (C=O) groups excluding carboxylic acids is 1. The number of carbonyl (C=O) groups is 1. The van der Waals surface area contributed by atoms with E-state index in [0.717, 1.165) is 10.0 Å². The molecule has 0 aliphatic carbocycles. The number of ether oxygens (including phenoxy) is 1. The Balaban J connectivity index is 1.89. The second kappa shape index (κ2) is 6.51. The van der Waals surface area contributed by atoms with Gasteiger partial charge in [-0.2, -0.15) is 0 Å². The predicted octanol–water partition coefficient (Wildman–Crippen LogP) is 4.48. The van der Waals surface area contributed by atoms with Gasteiger partial charge in [0.2, 0.25) is 5.85 Å². The first kappa shape index (κ1) is 15.6. The number of hydrogen-bond acceptors (Lipinski definition) is 2. The van der Waals surface area contributed by atoms with E-state index in [1.54, 1.807) is 0 Å². The van der Waals surface area contributed by atoms with E-state index < -0.39 is 7.92 Å². The van der Waals surface area contributed by atoms with Gasteiger partial charge in [0.1, 0.15) is 18.5 Å². The number of rotatable bonds is 3. The summed E-state index contributed by atoms with van der Waals surface area (Å²) in [4.78, 5) is 12.4. The van der Waals surface area contributed by atoms with Crippen LogP contribution in [0.5, 0.6) is 0 Å². The van der Waals surface area contributed by atoms with Crippen molar-refractivity contribution in [3.8, 4) is 0 Å². The van der Waals surface area contributed by atoms with Crippen molar-refractivity contribution in [1.29, 1.82) is 0 Å². The normalized spacial score (nSPS) is 16.1. The summed E-state index contributed by atoms with van der Waals surface area (Å²) in [6.45, 7) is 0. The van der Waals surface area contributed by atoms with Crippen LogP contribution in [0.25, 0.3) is 0 Å². The Morgan fingerprint density at radius 1 is 0.792 bits per heavy atom. The molecule has 1 unspecified atom stereocenters. The molecule has 2 nitrogen and oxygen atoms in total. The molecule has 1 atom stereocenters. The number of cyclic esters (lactones) is 1. The molecule has 0 fully saturated rings. The van der Waals surface area contributed by atoms with E-state index in [0.29, 0.717) is 5.56 Å². The van der Waals surface area contributed by atoms with Crippen LogP contribution >= 0.6 is 23.9 Å². The van der Waals surface area contributed by atoms with Crippen molar-refractivity contribution < 1.29 is 9.53 Å². The number of benzene rings is 3. The molecule has 0 amide bonds. The second-order valence-electron chi connectivity index (χ2n) is 5.63. The molecule has 0 radical (unpaired) electrons. The third kappa shape index (κ3) is 2.68. The third-order valence-corrected chi connectivity index (χ3v) is 7.72. The minimum absolute atomic E-state index is 0.231. The molecular weight excluding hydrogens is 383 g/mol. The maximum absolute atomic E-state index is 12.4. The van der Waals surface area contributed by atoms with Crippen molar-refractivity contribution in [3.63, 3.8) is 0 Å². The molecule has 1 aliphatic rings. The molecule has 4 rings (SSSR count). The van der Waals surface area contributed by atoms with Gasteiger partial charge in [-0.1, -0.05) is 58.4 Å². The Kier molecular flexibility index (Phi) is 4.22. The van der Waals surface area contributed by atoms with Crippen molar-refractivity contribution in [1.82, 2.24) is 0 Å². The molecule has 0 bridgehead atoms. The highest BCUT2D eigenvalue weighted by Gasteiger charge is 2.45. The summed E-state index contributed by atoms with van der Waals surface area (Å²) >= 11 is 3.61. The first-order valence-corrected chi connectivity index (χ1v) is 10.1. The monoisotopic (exact) mass is 397 g/mol. The van der Waals surface area contributed by atoms with E-state index in [1.807, 2.05) is 54.6 Å². The van der Waals surface area contributed by atoms with Gasteiger partial charge in [-0.15, -0.1) is 0 Å². The van der Waals surface area contributed by atoms with Crippen LogP contribution in [0.2, 0.25) is 0 Å². The first-order chi connectivity index (χ1) is 11.8. The molecule has 3 aromatic rings. The molecule has 4 heteroatoms. The Morgan fingerprint density at radius 2 is 1.38 bits per heavy atom. The average Bonchev–Trinajstić information content (AvgIpc) is 2.95. The third-order valence-electron chi connectivity index (χ3n) is 4.19. The molecule has 0 saturated heterocycles. The van der Waals surface area contributed by atoms with Gasteiger partial charge in [0.25, 0.3) is 0 Å². The van der Waals surface area contributed by atoms with Crippen LogP contribution in [0, 0.1) is 0 Å². The summed E-state index contributed by atoms with van der Waals surface area (Å²) < 4.78 is 6.80. The quantitative estimate of drug-likeness (QED) is 0.480. The van der Waals surface area contributed by atoms with E-state index in [4.69, 9.17) is 4.74 Å². The van der Waals surface area contributed by atoms with Crippen LogP contribution in [0.4, 0.5) is 0 Å². The van der Waals surface area contributed by atoms with Crippen molar-refractivity contribution in [2.75, 3.05) is 0 Å². The van der Waals surface area contributed by atoms with Crippen molar-refractivity contribution >= 4 is 40.4 Å². The highest BCUT2D eigenvalue weighted by Crippen LogP contribution is 2.55. The van der Waals surface area contributed by atoms with Gasteiger partial charge in [-0.05, 0) is 36.4 Å². The number of fused-ring (bicyclic) bond motifs is 1. The molecule has 0 saturated carbocycles. The fourth-order valence-electron chi connectivity index (χ4n) is 3.12. The highest BCUT2D eigenvalue weighted by atomic mass is 79.9. The summed E-state index contributed by atoms with van der Waals surface area (Å²) in [5.41, 5.74) is 1.65. The summed E-state index contributed by atoms with van der Waals surface area (Å²) in [7, 11) is -1.32. The van der Waals surface area contributed by atoms with E-state index in [2.05, 4.69) is 40.2 Å². The van der Waals surface area contributed by atoms with E-state index in [1.165, 1.54) is 10.6 Å². The van der Waals surface area contributed by atoms with Gasteiger partial charge in [0.05, 0.1) is 11.1 Å². The summed E-state index contributed by atoms with van der Waals surface area (Å²) in [5, 5.41) is 2.46. The topological polar surface area (TPSA) is 26.3 Å². The summed E-state index contributed by atoms with van der Waals surface area (Å²) in [5.74, 6) is -0.469. The van der Waals surface area contributed by atoms with Crippen LogP contribution in [0.15, 0.2) is 83.3 Å². The van der Waals surface area contributed by atoms with Crippen LogP contribution in [-0.4, -0.2) is 5.97 Å². The molecule has 1 heterocycles. The van der Waals surface area contributed by atoms with Gasteiger partial charge in [-0.25, -0.2) is 4.79 Å². The van der Waals surface area contributed by atoms with Gasteiger partial charge >= 0.3 is 5.97 Å². The van der Waals surface area contributed by atoms with Gasteiger partial charge in [-0.3, -0.25) is 0 Å². The lowest BCUT2D eigenvalue weighted by molar-refractivity contribution is 0.0516. The minimum Gasteiger partial charge on any atom is -0.419 e. The summed E-state index contributed by atoms with van der Waals surface area (Å²) in [6, 6.07) is 26.4. The van der Waals surface area contributed by atoms with Gasteiger partial charge in [0.15, 0.2) is 0 Å². The maximum atomic E-state index is 12.4. The number of halogens is 1. The van der Waals surface area contributed by atoms with Crippen LogP contribution in [-0.2, 0) is 4.74 Å². The molecule has 0 N–H and O–H groups in total. The zero-order valence-corrected chi connectivity index (χ0v) is 15.4. The molecule has 3 aromatic carbocycles. The highest BCUT2D eigenvalue weighted by molar-refractivity contribution is 9.10. The van der Waals surface area contributed by atoms with Gasteiger partial charge in [0, 0.05) is 4.47 Å². The standard InChI is InChI=1S/C20H14BrO2P/c21-17-13-7-12-16-18(17)20(23-19(16)22)24(14-8-3-1-4-9-14)15-10-5-2-6-11-15/h1-13,20H/p+1. The van der Waals surface area contributed by atoms with Crippen LogP contribution in [0.3, 0.4) is 0 Å². The predicted molar refractivity (Wildman–Crippen MR) is 103 cm³/mol. The second-order valence-corrected chi connectivity index (χ2v) is 8.99. The van der Waals surface area contributed by atoms with E-state index >= 15 is 0 Å². The van der Waals surface area contributed by atoms with E-state index in [-0.39, 0.29) is 11.8 Å². The van der Waals surface area contributed by atoms with E-state index in [9.17, 15) is 4.79 Å². The average molecular weight is 398 g/mol. The van der Waals surface area contributed by atoms with Crippen molar-refractivity contribution in [2.45, 2.75) is 5.85 Å². The smallest absolute Gasteiger partial charge is 0.342 e. The molecular formula is C20H15BrO2P+. The Bertz CT molecular complexity index is 841. The minimum atomic E-state index is -1.32. The fourth-order valence-corrected chi connectivity index (χ4v) is 6.77. The molecule has 1 aliphatic heterocycles. The lowest BCUT2D eigenvalue weighted by Crippen LogP contribution is -2.17. The number of hydrogen-bond donors (Lipinski definition) is 0.